The number of pyridine rings is 1. The number of alkyl halides is 6. The van der Waals surface area contributed by atoms with Crippen molar-refractivity contribution in [3.63, 3.8) is 0 Å². The van der Waals surface area contributed by atoms with Gasteiger partial charge in [-0.25, -0.2) is 14.5 Å². The molecule has 202 valence electrons. The number of aromatic nitrogens is 4. The molecule has 0 radical (unpaired) electrons. The van der Waals surface area contributed by atoms with Gasteiger partial charge in [-0.1, -0.05) is 0 Å². The van der Waals surface area contributed by atoms with Gasteiger partial charge >= 0.3 is 12.4 Å². The van der Waals surface area contributed by atoms with E-state index in [1.54, 1.807) is 12.0 Å². The van der Waals surface area contributed by atoms with Crippen LogP contribution in [0.3, 0.4) is 0 Å². The van der Waals surface area contributed by atoms with E-state index in [9.17, 15) is 40.3 Å². The van der Waals surface area contributed by atoms with Gasteiger partial charge in [0.25, 0.3) is 11.1 Å². The highest BCUT2D eigenvalue weighted by molar-refractivity contribution is 7.15. The van der Waals surface area contributed by atoms with Crippen molar-refractivity contribution in [3.8, 4) is 10.6 Å². The Morgan fingerprint density at radius 2 is 1.84 bits per heavy atom. The summed E-state index contributed by atoms with van der Waals surface area (Å²) in [5, 5.41) is 7.90. The highest BCUT2D eigenvalue weighted by Crippen LogP contribution is 2.38. The van der Waals surface area contributed by atoms with Crippen molar-refractivity contribution >= 4 is 27.8 Å². The van der Waals surface area contributed by atoms with Crippen LogP contribution in [-0.4, -0.2) is 25.8 Å². The number of aromatic amines is 1. The van der Waals surface area contributed by atoms with Crippen LogP contribution < -0.4 is 16.4 Å². The van der Waals surface area contributed by atoms with Gasteiger partial charge in [0, 0.05) is 24.3 Å². The number of rotatable bonds is 7. The fraction of sp³-hybridized carbons (Fsp3) is 0.304. The minimum absolute atomic E-state index is 0.0110. The molecule has 0 unspecified atom stereocenters. The molecule has 38 heavy (non-hydrogen) atoms. The topological polar surface area (TPSA) is 92.7 Å². The third kappa shape index (κ3) is 5.71. The minimum atomic E-state index is -4.88. The predicted octanol–water partition coefficient (Wildman–Crippen LogP) is 5.67. The molecule has 4 aromatic rings. The molecule has 2 N–H and O–H groups in total. The summed E-state index contributed by atoms with van der Waals surface area (Å²) in [6, 6.07) is 3.20. The Morgan fingerprint density at radius 1 is 1.11 bits per heavy atom. The minimum Gasteiger partial charge on any atom is -0.381 e. The number of benzene rings is 1. The summed E-state index contributed by atoms with van der Waals surface area (Å²) in [4.78, 5) is 27.1. The summed E-state index contributed by atoms with van der Waals surface area (Å²) in [5.41, 5.74) is -3.93. The predicted molar refractivity (Wildman–Crippen MR) is 126 cm³/mol. The quantitative estimate of drug-likeness (QED) is 0.284. The number of nitrogens with zero attached hydrogens (tertiary/aromatic N) is 3. The second-order valence-electron chi connectivity index (χ2n) is 8.43. The fourth-order valence-corrected chi connectivity index (χ4v) is 4.67. The lowest BCUT2D eigenvalue weighted by Gasteiger charge is -2.18. The Hall–Kier alpha value is -3.75. The molecule has 0 spiro atoms. The second kappa shape index (κ2) is 10.2. The smallest absolute Gasteiger partial charge is 0.381 e. The molecular weight excluding hydrogens is 543 g/mol. The van der Waals surface area contributed by atoms with Crippen LogP contribution in [-0.2, 0) is 18.9 Å². The SMILES string of the molecule is C[C@@H](CCCn1ccc2cc(-c3ncc(C(F)(F)F)s3)c(F)cc2c1=O)Nc1cn[nH]c(=O)c1C(F)(F)F. The molecule has 0 fully saturated rings. The zero-order valence-electron chi connectivity index (χ0n) is 19.4. The molecule has 0 saturated heterocycles. The molecule has 15 heteroatoms. The molecular formula is C23H18F7N5O2S. The van der Waals surface area contributed by atoms with Crippen LogP contribution in [0.5, 0.6) is 0 Å². The van der Waals surface area contributed by atoms with Gasteiger partial charge in [-0.15, -0.1) is 11.3 Å². The van der Waals surface area contributed by atoms with E-state index in [2.05, 4.69) is 15.4 Å². The van der Waals surface area contributed by atoms with Gasteiger partial charge in [0.15, 0.2) is 0 Å². The second-order valence-corrected chi connectivity index (χ2v) is 9.46. The zero-order valence-corrected chi connectivity index (χ0v) is 20.2. The largest absolute Gasteiger partial charge is 0.427 e. The molecule has 1 aromatic carbocycles. The first-order chi connectivity index (χ1) is 17.8. The van der Waals surface area contributed by atoms with Crippen LogP contribution in [0.15, 0.2) is 46.4 Å². The monoisotopic (exact) mass is 561 g/mol. The molecule has 0 aliphatic heterocycles. The Labute approximate surface area is 213 Å². The molecule has 4 rings (SSSR count). The number of H-pyrrole nitrogens is 1. The zero-order chi connectivity index (χ0) is 27.8. The normalized spacial score (nSPS) is 13.2. The maximum Gasteiger partial charge on any atom is 0.427 e. The number of halogens is 7. The molecule has 7 nitrogen and oxygen atoms in total. The lowest BCUT2D eigenvalue weighted by Crippen LogP contribution is -2.27. The molecule has 0 saturated carbocycles. The number of anilines is 1. The molecule has 3 aromatic heterocycles. The Morgan fingerprint density at radius 3 is 2.50 bits per heavy atom. The van der Waals surface area contributed by atoms with Crippen molar-refractivity contribution in [1.29, 1.82) is 0 Å². The number of hydrogen-bond acceptors (Lipinski definition) is 6. The third-order valence-electron chi connectivity index (χ3n) is 5.66. The lowest BCUT2D eigenvalue weighted by molar-refractivity contribution is -0.138. The van der Waals surface area contributed by atoms with Gasteiger partial charge in [-0.3, -0.25) is 9.59 Å². The first-order valence-corrected chi connectivity index (χ1v) is 11.8. The standard InChI is InChI=1S/C23H18F7N5O2S/c1-11(33-16-9-32-34-19(36)18(16)23(28,29)30)3-2-5-35-6-4-12-7-14(15(24)8-13(12)21(35)37)20-31-10-17(38-20)22(25,26)27/h4,6-11H,2-3,5H2,1H3,(H2,33,34,36)/t11-/m0/s1. The lowest BCUT2D eigenvalue weighted by atomic mass is 10.1. The summed E-state index contributed by atoms with van der Waals surface area (Å²) in [6.45, 7) is 1.76. The maximum absolute atomic E-state index is 14.8. The van der Waals surface area contributed by atoms with Crippen LogP contribution in [0.4, 0.5) is 36.4 Å². The van der Waals surface area contributed by atoms with E-state index in [0.29, 0.717) is 24.4 Å². The van der Waals surface area contributed by atoms with Gasteiger partial charge in [0.05, 0.1) is 23.5 Å². The molecule has 0 amide bonds. The number of aryl methyl sites for hydroxylation is 1. The summed E-state index contributed by atoms with van der Waals surface area (Å²) in [7, 11) is 0. The van der Waals surface area contributed by atoms with Crippen molar-refractivity contribution in [1.82, 2.24) is 19.7 Å². The highest BCUT2D eigenvalue weighted by atomic mass is 32.1. The van der Waals surface area contributed by atoms with E-state index >= 15 is 0 Å². The van der Waals surface area contributed by atoms with Gasteiger partial charge < -0.3 is 9.88 Å². The van der Waals surface area contributed by atoms with E-state index in [1.807, 2.05) is 0 Å². The van der Waals surface area contributed by atoms with E-state index in [1.165, 1.54) is 22.9 Å². The van der Waals surface area contributed by atoms with Crippen molar-refractivity contribution in [2.45, 2.75) is 44.7 Å². The van der Waals surface area contributed by atoms with E-state index in [0.717, 1.165) is 12.3 Å². The summed E-state index contributed by atoms with van der Waals surface area (Å²) >= 11 is 0.289. The molecule has 1 atom stereocenters. The summed E-state index contributed by atoms with van der Waals surface area (Å²) in [5.74, 6) is -0.903. The van der Waals surface area contributed by atoms with Crippen LogP contribution in [0.1, 0.15) is 30.2 Å². The van der Waals surface area contributed by atoms with E-state index in [4.69, 9.17) is 0 Å². The number of thiazole rings is 1. The van der Waals surface area contributed by atoms with Crippen molar-refractivity contribution < 1.29 is 30.7 Å². The fourth-order valence-electron chi connectivity index (χ4n) is 3.87. The van der Waals surface area contributed by atoms with Crippen molar-refractivity contribution in [2.75, 3.05) is 5.32 Å². The van der Waals surface area contributed by atoms with Crippen LogP contribution >= 0.6 is 11.3 Å². The van der Waals surface area contributed by atoms with Gasteiger partial charge in [0.1, 0.15) is 21.3 Å². The Balaban J connectivity index is 1.48. The summed E-state index contributed by atoms with van der Waals surface area (Å²) < 4.78 is 94.3. The van der Waals surface area contributed by atoms with Gasteiger partial charge in [-0.05, 0) is 43.4 Å². The average molecular weight is 561 g/mol. The van der Waals surface area contributed by atoms with Crippen LogP contribution in [0.25, 0.3) is 21.3 Å². The first kappa shape index (κ1) is 27.3. The van der Waals surface area contributed by atoms with E-state index in [-0.39, 0.29) is 33.8 Å². The van der Waals surface area contributed by atoms with Crippen LogP contribution in [0, 0.1) is 5.82 Å². The van der Waals surface area contributed by atoms with Gasteiger partial charge in [0.2, 0.25) is 0 Å². The average Bonchev–Trinajstić information content (AvgIpc) is 3.30. The number of nitrogens with one attached hydrogen (secondary N) is 2. The first-order valence-electron chi connectivity index (χ1n) is 11.0. The van der Waals surface area contributed by atoms with Gasteiger partial charge in [-0.2, -0.15) is 31.4 Å². The summed E-state index contributed by atoms with van der Waals surface area (Å²) in [6.07, 6.45) is -5.91. The van der Waals surface area contributed by atoms with Crippen molar-refractivity contribution in [2.24, 2.45) is 0 Å². The van der Waals surface area contributed by atoms with Crippen molar-refractivity contribution in [3.05, 3.63) is 73.8 Å². The molecule has 3 heterocycles. The molecule has 0 bridgehead atoms. The van der Waals surface area contributed by atoms with Crippen LogP contribution in [0.2, 0.25) is 0 Å². The molecule has 0 aliphatic carbocycles. The Bertz CT molecular complexity index is 1590. The number of hydrogen-bond donors (Lipinski definition) is 2. The highest BCUT2D eigenvalue weighted by Gasteiger charge is 2.37. The van der Waals surface area contributed by atoms with E-state index < -0.39 is 51.5 Å². The maximum atomic E-state index is 14.8. The third-order valence-corrected chi connectivity index (χ3v) is 6.73. The Kier molecular flexibility index (Phi) is 7.32. The number of fused-ring (bicyclic) bond motifs is 1. The molecule has 0 aliphatic rings.